The van der Waals surface area contributed by atoms with Gasteiger partial charge in [-0.15, -0.1) is 0 Å². The highest BCUT2D eigenvalue weighted by atomic mass is 16.5. The number of fused-ring (bicyclic) bond motifs is 3. The van der Waals surface area contributed by atoms with Crippen molar-refractivity contribution in [2.45, 2.75) is 49.2 Å². The molecule has 2 unspecified atom stereocenters. The Labute approximate surface area is 138 Å². The van der Waals surface area contributed by atoms with E-state index in [0.29, 0.717) is 0 Å². The Hall–Kier alpha value is -1.53. The van der Waals surface area contributed by atoms with Crippen molar-refractivity contribution in [1.82, 2.24) is 5.32 Å². The van der Waals surface area contributed by atoms with Gasteiger partial charge in [-0.25, -0.2) is 4.79 Å². The fourth-order valence-electron chi connectivity index (χ4n) is 3.96. The van der Waals surface area contributed by atoms with Crippen molar-refractivity contribution in [3.63, 3.8) is 0 Å². The second-order valence-electron chi connectivity index (χ2n) is 6.89. The summed E-state index contributed by atoms with van der Waals surface area (Å²) < 4.78 is 5.17. The molecule has 0 heterocycles. The van der Waals surface area contributed by atoms with Crippen molar-refractivity contribution in [3.8, 4) is 0 Å². The predicted molar refractivity (Wildman–Crippen MR) is 88.0 cm³/mol. The minimum Gasteiger partial charge on any atom is -0.445 e. The van der Waals surface area contributed by atoms with Crippen LogP contribution in [-0.4, -0.2) is 37.2 Å². The van der Waals surface area contributed by atoms with Gasteiger partial charge in [-0.3, -0.25) is 0 Å². The van der Waals surface area contributed by atoms with Crippen molar-refractivity contribution in [2.75, 3.05) is 6.54 Å². The second kappa shape index (κ2) is 6.17. The number of benzene rings is 1. The molecular formula is C17H23BN2O3. The highest BCUT2D eigenvalue weighted by Gasteiger charge is 2.57. The van der Waals surface area contributed by atoms with Gasteiger partial charge in [0.2, 0.25) is 0 Å². The number of nitrogens with one attached hydrogen (secondary N) is 1. The van der Waals surface area contributed by atoms with E-state index in [1.165, 1.54) is 0 Å². The summed E-state index contributed by atoms with van der Waals surface area (Å²) in [6, 6.07) is 8.91. The van der Waals surface area contributed by atoms with E-state index in [9.17, 15) is 9.90 Å². The highest BCUT2D eigenvalue weighted by Crippen LogP contribution is 2.56. The van der Waals surface area contributed by atoms with Crippen LogP contribution in [0, 0.1) is 5.92 Å². The number of ether oxygens (including phenoxy) is 1. The fraction of sp³-hybridized carbons (Fsp3) is 0.588. The maximum atomic E-state index is 11.9. The Bertz CT molecular complexity index is 560. The number of alkyl carbamates (subject to hydrolysis) is 1. The van der Waals surface area contributed by atoms with Gasteiger partial charge in [-0.1, -0.05) is 43.2 Å². The first-order chi connectivity index (χ1) is 10.9. The van der Waals surface area contributed by atoms with Crippen LogP contribution in [0.4, 0.5) is 4.79 Å². The summed E-state index contributed by atoms with van der Waals surface area (Å²) in [4.78, 5) is 11.9. The van der Waals surface area contributed by atoms with Crippen LogP contribution in [0.1, 0.15) is 31.2 Å². The van der Waals surface area contributed by atoms with Crippen LogP contribution in [0.2, 0.25) is 5.31 Å². The summed E-state index contributed by atoms with van der Waals surface area (Å²) >= 11 is 0. The number of amides is 1. The van der Waals surface area contributed by atoms with E-state index in [-0.39, 0.29) is 19.1 Å². The molecule has 0 aromatic heterocycles. The number of carbonyl (C=O) groups is 1. The third kappa shape index (κ3) is 3.10. The van der Waals surface area contributed by atoms with Crippen molar-refractivity contribution < 1.29 is 14.6 Å². The molecule has 1 aromatic rings. The van der Waals surface area contributed by atoms with Crippen LogP contribution < -0.4 is 11.1 Å². The third-order valence-corrected chi connectivity index (χ3v) is 5.51. The Morgan fingerprint density at radius 1 is 1.35 bits per heavy atom. The molecule has 1 amide bonds. The highest BCUT2D eigenvalue weighted by molar-refractivity contribution is 6.16. The molecular weight excluding hydrogens is 291 g/mol. The zero-order valence-corrected chi connectivity index (χ0v) is 13.2. The quantitative estimate of drug-likeness (QED) is 0.735. The molecule has 0 saturated heterocycles. The van der Waals surface area contributed by atoms with Crippen LogP contribution in [0.5, 0.6) is 0 Å². The number of nitrogens with two attached hydrogens (primary N) is 1. The van der Waals surface area contributed by atoms with E-state index in [2.05, 4.69) is 5.32 Å². The van der Waals surface area contributed by atoms with Gasteiger partial charge in [0.15, 0.2) is 0 Å². The van der Waals surface area contributed by atoms with Crippen molar-refractivity contribution in [1.29, 1.82) is 0 Å². The first-order valence-electron chi connectivity index (χ1n) is 8.15. The molecule has 23 heavy (non-hydrogen) atoms. The van der Waals surface area contributed by atoms with Crippen molar-refractivity contribution >= 4 is 13.9 Å². The fourth-order valence-corrected chi connectivity index (χ4v) is 3.96. The summed E-state index contributed by atoms with van der Waals surface area (Å²) in [5.41, 5.74) is 5.97. The first-order valence-corrected chi connectivity index (χ1v) is 8.15. The summed E-state index contributed by atoms with van der Waals surface area (Å²) in [7, 11) is 6.33. The minimum absolute atomic E-state index is 0.0748. The number of hydrogen-bond acceptors (Lipinski definition) is 4. The molecule has 3 aliphatic rings. The van der Waals surface area contributed by atoms with Crippen LogP contribution >= 0.6 is 0 Å². The molecule has 2 radical (unpaired) electrons. The van der Waals surface area contributed by atoms with Gasteiger partial charge >= 0.3 is 6.09 Å². The molecule has 1 aromatic carbocycles. The average molecular weight is 314 g/mol. The molecule has 0 aliphatic heterocycles. The standard InChI is InChI=1S/C17H23BN2O3/c18-16-8-6-13(7-9-16)17(22,14(16)19)11-20-15(21)23-10-12-4-2-1-3-5-12/h1-5,13-14,22H,6-11,19H2,(H,20,21). The van der Waals surface area contributed by atoms with Crippen molar-refractivity contribution in [2.24, 2.45) is 11.7 Å². The van der Waals surface area contributed by atoms with E-state index in [4.69, 9.17) is 18.3 Å². The number of hydrogen-bond donors (Lipinski definition) is 3. The van der Waals surface area contributed by atoms with Crippen LogP contribution in [0.25, 0.3) is 0 Å². The average Bonchev–Trinajstić information content (AvgIpc) is 2.57. The number of rotatable bonds is 4. The Morgan fingerprint density at radius 2 is 2.00 bits per heavy atom. The van der Waals surface area contributed by atoms with Gasteiger partial charge in [-0.05, 0) is 29.6 Å². The predicted octanol–water partition coefficient (Wildman–Crippen LogP) is 1.50. The summed E-state index contributed by atoms with van der Waals surface area (Å²) in [6.07, 6.45) is 2.81. The van der Waals surface area contributed by atoms with Gasteiger partial charge in [0.1, 0.15) is 6.61 Å². The van der Waals surface area contributed by atoms with E-state index >= 15 is 0 Å². The minimum atomic E-state index is -1.16. The largest absolute Gasteiger partial charge is 0.445 e. The molecule has 0 spiro atoms. The molecule has 3 fully saturated rings. The Balaban J connectivity index is 1.54. The van der Waals surface area contributed by atoms with Gasteiger partial charge in [0.05, 0.1) is 20.0 Å². The molecule has 3 aliphatic carbocycles. The van der Waals surface area contributed by atoms with E-state index in [1.54, 1.807) is 0 Å². The number of carbonyl (C=O) groups excluding carboxylic acids is 1. The van der Waals surface area contributed by atoms with E-state index in [0.717, 1.165) is 31.2 Å². The van der Waals surface area contributed by atoms with Gasteiger partial charge in [-0.2, -0.15) is 0 Å². The molecule has 6 heteroatoms. The van der Waals surface area contributed by atoms with Crippen molar-refractivity contribution in [3.05, 3.63) is 35.9 Å². The number of aliphatic hydroxyl groups is 1. The van der Waals surface area contributed by atoms with Crippen LogP contribution in [-0.2, 0) is 11.3 Å². The van der Waals surface area contributed by atoms with Gasteiger partial charge in [0.25, 0.3) is 0 Å². The summed E-state index contributed by atoms with van der Waals surface area (Å²) in [5.74, 6) is 0.0809. The molecule has 3 saturated carbocycles. The topological polar surface area (TPSA) is 84.6 Å². The maximum Gasteiger partial charge on any atom is 0.407 e. The third-order valence-electron chi connectivity index (χ3n) is 5.51. The smallest absolute Gasteiger partial charge is 0.407 e. The van der Waals surface area contributed by atoms with Crippen LogP contribution in [0.3, 0.4) is 0 Å². The molecule has 2 bridgehead atoms. The summed E-state index contributed by atoms with van der Waals surface area (Å²) in [5, 5.41) is 13.1. The Kier molecular flexibility index (Phi) is 4.38. The van der Waals surface area contributed by atoms with E-state index in [1.807, 2.05) is 30.3 Å². The van der Waals surface area contributed by atoms with E-state index < -0.39 is 23.1 Å². The first kappa shape index (κ1) is 16.3. The molecule has 2 atom stereocenters. The maximum absolute atomic E-state index is 11.9. The lowest BCUT2D eigenvalue weighted by Crippen LogP contribution is -2.68. The summed E-state index contributed by atoms with van der Waals surface area (Å²) in [6.45, 7) is 0.271. The molecule has 5 nitrogen and oxygen atoms in total. The normalized spacial score (nSPS) is 35.7. The van der Waals surface area contributed by atoms with Crippen LogP contribution in [0.15, 0.2) is 30.3 Å². The monoisotopic (exact) mass is 314 g/mol. The van der Waals surface area contributed by atoms with Gasteiger partial charge < -0.3 is 20.9 Å². The SMILES string of the molecule is [B]C12CCC(CC1)C(O)(CNC(=O)OCc1ccccc1)C2N. The zero-order valence-electron chi connectivity index (χ0n) is 13.2. The molecule has 4 rings (SSSR count). The lowest BCUT2D eigenvalue weighted by molar-refractivity contribution is -0.105. The zero-order chi connectivity index (χ0) is 16.5. The molecule has 4 N–H and O–H groups in total. The second-order valence-corrected chi connectivity index (χ2v) is 6.89. The Morgan fingerprint density at radius 3 is 2.65 bits per heavy atom. The lowest BCUT2D eigenvalue weighted by Gasteiger charge is -2.58. The lowest BCUT2D eigenvalue weighted by atomic mass is 9.44. The molecule has 122 valence electrons. The van der Waals surface area contributed by atoms with Gasteiger partial charge in [0, 0.05) is 6.04 Å².